The summed E-state index contributed by atoms with van der Waals surface area (Å²) >= 11 is 0. The van der Waals surface area contributed by atoms with Gasteiger partial charge in [-0.25, -0.2) is 9.48 Å². The molecule has 2 N–H and O–H groups in total. The number of carboxylic acids is 1. The molecule has 7 nitrogen and oxygen atoms in total. The van der Waals surface area contributed by atoms with E-state index in [0.29, 0.717) is 17.9 Å². The molecule has 5 rings (SSSR count). The summed E-state index contributed by atoms with van der Waals surface area (Å²) in [6, 6.07) is 14.6. The molecule has 0 fully saturated rings. The number of ketones is 1. The Morgan fingerprint density at radius 1 is 1.16 bits per heavy atom. The van der Waals surface area contributed by atoms with Crippen LogP contribution in [-0.2, 0) is 4.79 Å². The summed E-state index contributed by atoms with van der Waals surface area (Å²) < 4.78 is 6.97. The van der Waals surface area contributed by atoms with Gasteiger partial charge in [-0.15, -0.1) is 0 Å². The number of aromatic nitrogens is 2. The molecule has 1 aliphatic heterocycles. The minimum Gasteiger partial charge on any atom is -0.497 e. The minimum absolute atomic E-state index is 0.142. The zero-order valence-corrected chi connectivity index (χ0v) is 17.9. The van der Waals surface area contributed by atoms with Gasteiger partial charge in [-0.2, -0.15) is 5.10 Å². The standard InChI is InChI=1S/C25H23N3O4/c1-14-21-22(15-10-12-16(32-2)13-11-15)23-18(7-5-9-20(23)29)26-24(21)28(27-14)19-8-4-3-6-17(19)25(30)31/h3-4,6,8,10-13,22,26H,5,7,9H2,1-2H3,(H,30,31)/t22-/m1/s1. The summed E-state index contributed by atoms with van der Waals surface area (Å²) in [6.45, 7) is 1.90. The molecule has 0 radical (unpaired) electrons. The van der Waals surface area contributed by atoms with Gasteiger partial charge in [0, 0.05) is 29.2 Å². The Morgan fingerprint density at radius 3 is 2.62 bits per heavy atom. The van der Waals surface area contributed by atoms with Crippen molar-refractivity contribution in [2.45, 2.75) is 32.1 Å². The highest BCUT2D eigenvalue weighted by Crippen LogP contribution is 2.47. The Hall–Kier alpha value is -3.87. The molecule has 0 saturated heterocycles. The molecule has 0 spiro atoms. The zero-order chi connectivity index (χ0) is 22.4. The van der Waals surface area contributed by atoms with Crippen molar-refractivity contribution >= 4 is 17.6 Å². The van der Waals surface area contributed by atoms with Crippen LogP contribution in [0.1, 0.15) is 52.4 Å². The quantitative estimate of drug-likeness (QED) is 0.636. The van der Waals surface area contributed by atoms with Gasteiger partial charge >= 0.3 is 5.97 Å². The molecule has 1 atom stereocenters. The van der Waals surface area contributed by atoms with Crippen LogP contribution in [0, 0.1) is 6.92 Å². The molecule has 0 unspecified atom stereocenters. The topological polar surface area (TPSA) is 93.5 Å². The van der Waals surface area contributed by atoms with Gasteiger partial charge in [0.25, 0.3) is 0 Å². The highest BCUT2D eigenvalue weighted by atomic mass is 16.5. The summed E-state index contributed by atoms with van der Waals surface area (Å²) in [5, 5.41) is 17.9. The first kappa shape index (κ1) is 20.1. The van der Waals surface area contributed by atoms with Gasteiger partial charge in [0.15, 0.2) is 5.78 Å². The monoisotopic (exact) mass is 429 g/mol. The van der Waals surface area contributed by atoms with E-state index in [1.165, 1.54) is 0 Å². The molecule has 0 bridgehead atoms. The number of allylic oxidation sites excluding steroid dienone is 2. The van der Waals surface area contributed by atoms with E-state index in [9.17, 15) is 14.7 Å². The summed E-state index contributed by atoms with van der Waals surface area (Å²) in [7, 11) is 1.62. The van der Waals surface area contributed by atoms with Crippen LogP contribution in [0.2, 0.25) is 0 Å². The number of hydrogen-bond acceptors (Lipinski definition) is 5. The third-order valence-corrected chi connectivity index (χ3v) is 6.22. The molecular weight excluding hydrogens is 406 g/mol. The molecule has 0 amide bonds. The summed E-state index contributed by atoms with van der Waals surface area (Å²) in [5.74, 6) is 0.312. The zero-order valence-electron chi connectivity index (χ0n) is 17.9. The van der Waals surface area contributed by atoms with Crippen LogP contribution in [-0.4, -0.2) is 33.7 Å². The van der Waals surface area contributed by atoms with Crippen molar-refractivity contribution in [2.75, 3.05) is 12.4 Å². The van der Waals surface area contributed by atoms with E-state index in [1.807, 2.05) is 31.2 Å². The number of anilines is 1. The van der Waals surface area contributed by atoms with E-state index in [0.717, 1.165) is 46.7 Å². The minimum atomic E-state index is -1.02. The van der Waals surface area contributed by atoms with Crippen LogP contribution in [0.3, 0.4) is 0 Å². The number of nitrogens with zero attached hydrogens (tertiary/aromatic N) is 2. The van der Waals surface area contributed by atoms with Gasteiger partial charge in [-0.1, -0.05) is 24.3 Å². The maximum atomic E-state index is 13.0. The molecular formula is C25H23N3O4. The highest BCUT2D eigenvalue weighted by molar-refractivity contribution is 6.01. The number of carboxylic acid groups (broad SMARTS) is 1. The second kappa shape index (κ2) is 7.67. The summed E-state index contributed by atoms with van der Waals surface area (Å²) in [6.07, 6.45) is 2.07. The maximum Gasteiger partial charge on any atom is 0.337 e. The van der Waals surface area contributed by atoms with Crippen LogP contribution in [0.4, 0.5) is 5.82 Å². The predicted molar refractivity (Wildman–Crippen MR) is 120 cm³/mol. The largest absolute Gasteiger partial charge is 0.497 e. The average molecular weight is 429 g/mol. The van der Waals surface area contributed by atoms with Gasteiger partial charge in [0.2, 0.25) is 0 Å². The smallest absolute Gasteiger partial charge is 0.337 e. The van der Waals surface area contributed by atoms with Gasteiger partial charge in [-0.3, -0.25) is 4.79 Å². The highest BCUT2D eigenvalue weighted by Gasteiger charge is 2.39. The molecule has 2 aromatic carbocycles. The SMILES string of the molecule is COc1ccc([C@H]2C3=C(CCCC3=O)Nc3c2c(C)nn3-c2ccccc2C(=O)O)cc1. The maximum absolute atomic E-state index is 13.0. The van der Waals surface area contributed by atoms with E-state index >= 15 is 0 Å². The van der Waals surface area contributed by atoms with Gasteiger partial charge in [-0.05, 0) is 49.6 Å². The van der Waals surface area contributed by atoms with Gasteiger partial charge in [0.1, 0.15) is 11.6 Å². The molecule has 7 heteroatoms. The number of nitrogens with one attached hydrogen (secondary N) is 1. The molecule has 2 aliphatic rings. The number of carbonyl (C=O) groups excluding carboxylic acids is 1. The van der Waals surface area contributed by atoms with E-state index in [1.54, 1.807) is 36.1 Å². The van der Waals surface area contributed by atoms with Crippen molar-refractivity contribution in [3.8, 4) is 11.4 Å². The lowest BCUT2D eigenvalue weighted by molar-refractivity contribution is -0.116. The lowest BCUT2D eigenvalue weighted by atomic mass is 9.76. The van der Waals surface area contributed by atoms with E-state index < -0.39 is 5.97 Å². The molecule has 2 heterocycles. The average Bonchev–Trinajstić information content (AvgIpc) is 3.14. The van der Waals surface area contributed by atoms with Crippen LogP contribution in [0.25, 0.3) is 5.69 Å². The first-order valence-electron chi connectivity index (χ1n) is 10.6. The Bertz CT molecular complexity index is 1270. The Labute approximate surface area is 185 Å². The molecule has 32 heavy (non-hydrogen) atoms. The third kappa shape index (κ3) is 3.09. The lowest BCUT2D eigenvalue weighted by Gasteiger charge is -2.33. The number of methoxy groups -OCH3 is 1. The molecule has 0 saturated carbocycles. The molecule has 1 aliphatic carbocycles. The predicted octanol–water partition coefficient (Wildman–Crippen LogP) is 4.45. The fourth-order valence-electron chi connectivity index (χ4n) is 4.76. The Kier molecular flexibility index (Phi) is 4.81. The second-order valence-electron chi connectivity index (χ2n) is 8.08. The van der Waals surface area contributed by atoms with Crippen molar-refractivity contribution < 1.29 is 19.4 Å². The van der Waals surface area contributed by atoms with E-state index in [2.05, 4.69) is 5.32 Å². The number of para-hydroxylation sites is 1. The number of benzene rings is 2. The first-order valence-corrected chi connectivity index (χ1v) is 10.6. The number of aromatic carboxylic acids is 1. The number of rotatable bonds is 4. The van der Waals surface area contributed by atoms with Gasteiger partial charge in [0.05, 0.1) is 24.1 Å². The number of fused-ring (bicyclic) bond motifs is 1. The number of aryl methyl sites for hydroxylation is 1. The van der Waals surface area contributed by atoms with E-state index in [-0.39, 0.29) is 17.3 Å². The molecule has 3 aromatic rings. The Morgan fingerprint density at radius 2 is 1.91 bits per heavy atom. The third-order valence-electron chi connectivity index (χ3n) is 6.22. The molecule has 162 valence electrons. The van der Waals surface area contributed by atoms with Crippen LogP contribution in [0.5, 0.6) is 5.75 Å². The van der Waals surface area contributed by atoms with Crippen LogP contribution in [0.15, 0.2) is 59.8 Å². The van der Waals surface area contributed by atoms with Crippen LogP contribution < -0.4 is 10.1 Å². The number of Topliss-reactive ketones (excluding diaryl/α,β-unsaturated/α-hetero) is 1. The van der Waals surface area contributed by atoms with Crippen molar-refractivity contribution in [1.29, 1.82) is 0 Å². The van der Waals surface area contributed by atoms with Crippen molar-refractivity contribution in [3.05, 3.63) is 82.2 Å². The Balaban J connectivity index is 1.75. The van der Waals surface area contributed by atoms with Crippen molar-refractivity contribution in [2.24, 2.45) is 0 Å². The normalized spacial score (nSPS) is 17.4. The van der Waals surface area contributed by atoms with Crippen LogP contribution >= 0.6 is 0 Å². The fourth-order valence-corrected chi connectivity index (χ4v) is 4.76. The summed E-state index contributed by atoms with van der Waals surface area (Å²) in [4.78, 5) is 24.9. The lowest BCUT2D eigenvalue weighted by Crippen LogP contribution is -2.27. The fraction of sp³-hybridized carbons (Fsp3) is 0.240. The van der Waals surface area contributed by atoms with Gasteiger partial charge < -0.3 is 15.2 Å². The van der Waals surface area contributed by atoms with Crippen molar-refractivity contribution in [3.63, 3.8) is 0 Å². The van der Waals surface area contributed by atoms with Crippen molar-refractivity contribution in [1.82, 2.24) is 9.78 Å². The number of hydrogen-bond donors (Lipinski definition) is 2. The molecule has 1 aromatic heterocycles. The number of carbonyl (C=O) groups is 2. The van der Waals surface area contributed by atoms with E-state index in [4.69, 9.17) is 9.84 Å². The first-order chi connectivity index (χ1) is 15.5. The number of ether oxygens (including phenoxy) is 1. The summed E-state index contributed by atoms with van der Waals surface area (Å²) in [5.41, 5.74) is 4.94. The second-order valence-corrected chi connectivity index (χ2v) is 8.08.